The Kier molecular flexibility index (Phi) is 4.00. The van der Waals surface area contributed by atoms with Gasteiger partial charge in [-0.3, -0.25) is 0 Å². The van der Waals surface area contributed by atoms with Gasteiger partial charge in [0.15, 0.2) is 0 Å². The van der Waals surface area contributed by atoms with Crippen LogP contribution in [0, 0.1) is 5.92 Å². The first kappa shape index (κ1) is 10.5. The first-order chi connectivity index (χ1) is 5.65. The molecular weight excluding hydrogens is 216 g/mol. The summed E-state index contributed by atoms with van der Waals surface area (Å²) < 4.78 is 0. The fraction of sp³-hybridized carbons (Fsp3) is 1.00. The van der Waals surface area contributed by atoms with E-state index in [0.29, 0.717) is 0 Å². The second-order valence-electron chi connectivity index (χ2n) is 3.96. The SMILES string of the molecule is CC1CN(CCBr)CC1N(C)C. The summed E-state index contributed by atoms with van der Waals surface area (Å²) in [6.45, 7) is 6.03. The Labute approximate surface area is 84.0 Å². The molecule has 1 saturated heterocycles. The molecule has 3 heteroatoms. The van der Waals surface area contributed by atoms with Crippen LogP contribution in [-0.4, -0.2) is 54.9 Å². The number of likely N-dealkylation sites (N-methyl/N-ethyl adjacent to an activating group) is 1. The van der Waals surface area contributed by atoms with Crippen LogP contribution in [0.1, 0.15) is 6.92 Å². The van der Waals surface area contributed by atoms with Gasteiger partial charge in [-0.1, -0.05) is 22.9 Å². The zero-order valence-corrected chi connectivity index (χ0v) is 9.84. The zero-order valence-electron chi connectivity index (χ0n) is 8.26. The summed E-state index contributed by atoms with van der Waals surface area (Å²) in [5.74, 6) is 0.819. The lowest BCUT2D eigenvalue weighted by atomic mass is 10.1. The second kappa shape index (κ2) is 4.58. The molecule has 0 saturated carbocycles. The first-order valence-corrected chi connectivity index (χ1v) is 5.72. The molecule has 0 aromatic rings. The molecule has 1 aliphatic rings. The fourth-order valence-corrected chi connectivity index (χ4v) is 2.52. The van der Waals surface area contributed by atoms with Gasteiger partial charge < -0.3 is 9.80 Å². The number of rotatable bonds is 3. The van der Waals surface area contributed by atoms with Gasteiger partial charge in [-0.2, -0.15) is 0 Å². The topological polar surface area (TPSA) is 6.48 Å². The lowest BCUT2D eigenvalue weighted by molar-refractivity contribution is 0.255. The van der Waals surface area contributed by atoms with Crippen molar-refractivity contribution < 1.29 is 0 Å². The standard InChI is InChI=1S/C9H19BrN2/c1-8-6-12(5-4-10)7-9(8)11(2)3/h8-9H,4-7H2,1-3H3. The third-order valence-electron chi connectivity index (χ3n) is 2.71. The molecule has 0 amide bonds. The Bertz CT molecular complexity index is 138. The third kappa shape index (κ3) is 2.44. The monoisotopic (exact) mass is 234 g/mol. The normalized spacial score (nSPS) is 31.8. The van der Waals surface area contributed by atoms with Gasteiger partial charge in [-0.05, 0) is 20.0 Å². The minimum Gasteiger partial charge on any atom is -0.305 e. The smallest absolute Gasteiger partial charge is 0.0254 e. The highest BCUT2D eigenvalue weighted by atomic mass is 79.9. The van der Waals surface area contributed by atoms with Crippen LogP contribution in [0.5, 0.6) is 0 Å². The van der Waals surface area contributed by atoms with E-state index in [-0.39, 0.29) is 0 Å². The molecule has 0 aromatic heterocycles. The summed E-state index contributed by atoms with van der Waals surface area (Å²) in [7, 11) is 4.36. The number of hydrogen-bond donors (Lipinski definition) is 0. The number of nitrogens with zero attached hydrogens (tertiary/aromatic N) is 2. The minimum absolute atomic E-state index is 0.754. The van der Waals surface area contributed by atoms with Gasteiger partial charge in [0.2, 0.25) is 0 Å². The molecule has 2 nitrogen and oxygen atoms in total. The highest BCUT2D eigenvalue weighted by Crippen LogP contribution is 2.19. The summed E-state index contributed by atoms with van der Waals surface area (Å²) >= 11 is 3.48. The van der Waals surface area contributed by atoms with E-state index in [0.717, 1.165) is 17.3 Å². The summed E-state index contributed by atoms with van der Waals surface area (Å²) in [4.78, 5) is 4.88. The first-order valence-electron chi connectivity index (χ1n) is 4.60. The maximum atomic E-state index is 3.48. The fourth-order valence-electron chi connectivity index (χ4n) is 2.02. The maximum Gasteiger partial charge on any atom is 0.0254 e. The molecule has 0 bridgehead atoms. The highest BCUT2D eigenvalue weighted by Gasteiger charge is 2.29. The van der Waals surface area contributed by atoms with Gasteiger partial charge in [-0.25, -0.2) is 0 Å². The van der Waals surface area contributed by atoms with Crippen molar-refractivity contribution in [2.24, 2.45) is 5.92 Å². The van der Waals surface area contributed by atoms with Crippen LogP contribution in [0.15, 0.2) is 0 Å². The van der Waals surface area contributed by atoms with Crippen molar-refractivity contribution in [2.45, 2.75) is 13.0 Å². The van der Waals surface area contributed by atoms with Crippen molar-refractivity contribution in [1.82, 2.24) is 9.80 Å². The van der Waals surface area contributed by atoms with E-state index >= 15 is 0 Å². The summed E-state index contributed by atoms with van der Waals surface area (Å²) in [6.07, 6.45) is 0. The molecule has 2 atom stereocenters. The minimum atomic E-state index is 0.754. The molecule has 1 rings (SSSR count). The van der Waals surface area contributed by atoms with Gasteiger partial charge in [-0.15, -0.1) is 0 Å². The molecule has 12 heavy (non-hydrogen) atoms. The lowest BCUT2D eigenvalue weighted by Gasteiger charge is -2.22. The highest BCUT2D eigenvalue weighted by molar-refractivity contribution is 9.09. The lowest BCUT2D eigenvalue weighted by Crippen LogP contribution is -2.34. The van der Waals surface area contributed by atoms with Crippen molar-refractivity contribution in [2.75, 3.05) is 39.1 Å². The molecule has 0 aromatic carbocycles. The average molecular weight is 235 g/mol. The molecular formula is C9H19BrN2. The molecule has 0 radical (unpaired) electrons. The van der Waals surface area contributed by atoms with E-state index in [4.69, 9.17) is 0 Å². The Balaban J connectivity index is 2.39. The van der Waals surface area contributed by atoms with Crippen LogP contribution in [0.2, 0.25) is 0 Å². The Hall–Kier alpha value is 0.400. The summed E-state index contributed by atoms with van der Waals surface area (Å²) in [6, 6.07) is 0.754. The van der Waals surface area contributed by atoms with Crippen LogP contribution >= 0.6 is 15.9 Å². The van der Waals surface area contributed by atoms with Crippen LogP contribution in [0.25, 0.3) is 0 Å². The second-order valence-corrected chi connectivity index (χ2v) is 4.75. The molecule has 0 aliphatic carbocycles. The third-order valence-corrected chi connectivity index (χ3v) is 3.07. The summed E-state index contributed by atoms with van der Waals surface area (Å²) in [5.41, 5.74) is 0. The molecule has 1 fully saturated rings. The van der Waals surface area contributed by atoms with E-state index < -0.39 is 0 Å². The zero-order chi connectivity index (χ0) is 9.14. The number of alkyl halides is 1. The van der Waals surface area contributed by atoms with Crippen molar-refractivity contribution in [3.63, 3.8) is 0 Å². The van der Waals surface area contributed by atoms with E-state index in [2.05, 4.69) is 46.7 Å². The molecule has 1 heterocycles. The van der Waals surface area contributed by atoms with Crippen LogP contribution in [-0.2, 0) is 0 Å². The maximum absolute atomic E-state index is 3.48. The van der Waals surface area contributed by atoms with Crippen molar-refractivity contribution in [1.29, 1.82) is 0 Å². The van der Waals surface area contributed by atoms with Crippen molar-refractivity contribution in [3.8, 4) is 0 Å². The van der Waals surface area contributed by atoms with E-state index in [1.54, 1.807) is 0 Å². The number of halogens is 1. The van der Waals surface area contributed by atoms with Crippen LogP contribution in [0.4, 0.5) is 0 Å². The van der Waals surface area contributed by atoms with Crippen molar-refractivity contribution >= 4 is 15.9 Å². The van der Waals surface area contributed by atoms with Crippen LogP contribution in [0.3, 0.4) is 0 Å². The van der Waals surface area contributed by atoms with E-state index in [1.165, 1.54) is 19.6 Å². The van der Waals surface area contributed by atoms with Gasteiger partial charge in [0.05, 0.1) is 0 Å². The van der Waals surface area contributed by atoms with Gasteiger partial charge >= 0.3 is 0 Å². The average Bonchev–Trinajstić information content (AvgIpc) is 2.32. The molecule has 0 spiro atoms. The predicted molar refractivity (Wildman–Crippen MR) is 56.9 cm³/mol. The van der Waals surface area contributed by atoms with E-state index in [9.17, 15) is 0 Å². The quantitative estimate of drug-likeness (QED) is 0.679. The largest absolute Gasteiger partial charge is 0.305 e. The Morgan fingerprint density at radius 2 is 2.08 bits per heavy atom. The predicted octanol–water partition coefficient (Wildman–Crippen LogP) is 1.26. The number of hydrogen-bond acceptors (Lipinski definition) is 2. The Morgan fingerprint density at radius 1 is 1.42 bits per heavy atom. The van der Waals surface area contributed by atoms with Gasteiger partial charge in [0.25, 0.3) is 0 Å². The molecule has 72 valence electrons. The van der Waals surface area contributed by atoms with Gasteiger partial charge in [0, 0.05) is 31.0 Å². The molecule has 2 unspecified atom stereocenters. The molecule has 0 N–H and O–H groups in total. The van der Waals surface area contributed by atoms with Gasteiger partial charge in [0.1, 0.15) is 0 Å². The van der Waals surface area contributed by atoms with E-state index in [1.807, 2.05) is 0 Å². The Morgan fingerprint density at radius 3 is 2.50 bits per heavy atom. The van der Waals surface area contributed by atoms with Crippen LogP contribution < -0.4 is 0 Å². The number of likely N-dealkylation sites (tertiary alicyclic amines) is 1. The summed E-state index contributed by atoms with van der Waals surface area (Å²) in [5, 5.41) is 1.10. The molecule has 1 aliphatic heterocycles. The van der Waals surface area contributed by atoms with Crippen molar-refractivity contribution in [3.05, 3.63) is 0 Å².